The van der Waals surface area contributed by atoms with Crippen LogP contribution in [0.4, 0.5) is 14.5 Å². The van der Waals surface area contributed by atoms with Crippen molar-refractivity contribution in [1.29, 1.82) is 0 Å². The molecule has 1 aromatic carbocycles. The summed E-state index contributed by atoms with van der Waals surface area (Å²) in [5.41, 5.74) is 0.334. The van der Waals surface area contributed by atoms with Crippen molar-refractivity contribution in [3.63, 3.8) is 0 Å². The quantitative estimate of drug-likeness (QED) is 0.801. The molecule has 1 rings (SSSR count). The number of hydrogen-bond donors (Lipinski definition) is 1. The van der Waals surface area contributed by atoms with Crippen LogP contribution in [0.2, 0.25) is 0 Å². The molecule has 0 fully saturated rings. The maximum Gasteiger partial charge on any atom is 0.149 e. The highest BCUT2D eigenvalue weighted by Gasteiger charge is 2.13. The first-order valence-electron chi connectivity index (χ1n) is 5.36. The smallest absolute Gasteiger partial charge is 0.149 e. The maximum atomic E-state index is 13.4. The molecule has 90 valence electrons. The first-order chi connectivity index (χ1) is 7.45. The second-order valence-corrected chi connectivity index (χ2v) is 4.92. The largest absolute Gasteiger partial charge is 0.380 e. The van der Waals surface area contributed by atoms with Crippen molar-refractivity contribution in [1.82, 2.24) is 0 Å². The van der Waals surface area contributed by atoms with E-state index in [4.69, 9.17) is 0 Å². The standard InChI is InChI=1S/C12H16BrF2N/c1-4-7(2)8(3)16-12-5-9(13)10(14)6-11(12)15/h5-8,16H,4H2,1-3H3. The molecule has 1 aromatic rings. The molecule has 0 aromatic heterocycles. The summed E-state index contributed by atoms with van der Waals surface area (Å²) in [4.78, 5) is 0. The third-order valence-electron chi connectivity index (χ3n) is 2.89. The lowest BCUT2D eigenvalue weighted by atomic mass is 10.0. The highest BCUT2D eigenvalue weighted by Crippen LogP contribution is 2.25. The number of anilines is 1. The van der Waals surface area contributed by atoms with E-state index in [9.17, 15) is 8.78 Å². The minimum atomic E-state index is -0.584. The fourth-order valence-corrected chi connectivity index (χ4v) is 1.72. The Labute approximate surface area is 103 Å². The van der Waals surface area contributed by atoms with E-state index in [0.29, 0.717) is 11.6 Å². The van der Waals surface area contributed by atoms with Gasteiger partial charge < -0.3 is 5.32 Å². The molecular weight excluding hydrogens is 276 g/mol. The van der Waals surface area contributed by atoms with Gasteiger partial charge in [0.25, 0.3) is 0 Å². The summed E-state index contributed by atoms with van der Waals surface area (Å²) in [7, 11) is 0. The molecule has 0 saturated carbocycles. The van der Waals surface area contributed by atoms with E-state index >= 15 is 0 Å². The van der Waals surface area contributed by atoms with Gasteiger partial charge in [-0.3, -0.25) is 0 Å². The van der Waals surface area contributed by atoms with Crippen LogP contribution in [0, 0.1) is 17.6 Å². The van der Waals surface area contributed by atoms with Gasteiger partial charge in [0.15, 0.2) is 0 Å². The Balaban J connectivity index is 2.85. The van der Waals surface area contributed by atoms with Gasteiger partial charge in [-0.05, 0) is 34.8 Å². The molecule has 4 heteroatoms. The first-order valence-corrected chi connectivity index (χ1v) is 6.16. The minimum Gasteiger partial charge on any atom is -0.380 e. The monoisotopic (exact) mass is 291 g/mol. The molecule has 0 bridgehead atoms. The molecule has 1 nitrogen and oxygen atoms in total. The van der Waals surface area contributed by atoms with Gasteiger partial charge in [0.1, 0.15) is 11.6 Å². The van der Waals surface area contributed by atoms with Crippen LogP contribution in [0.3, 0.4) is 0 Å². The van der Waals surface area contributed by atoms with E-state index in [1.54, 1.807) is 0 Å². The number of halogens is 3. The van der Waals surface area contributed by atoms with Crippen LogP contribution < -0.4 is 5.32 Å². The maximum absolute atomic E-state index is 13.4. The van der Waals surface area contributed by atoms with E-state index in [2.05, 4.69) is 35.1 Å². The van der Waals surface area contributed by atoms with E-state index in [0.717, 1.165) is 12.5 Å². The summed E-state index contributed by atoms with van der Waals surface area (Å²) >= 11 is 3.04. The normalized spacial score (nSPS) is 14.6. The van der Waals surface area contributed by atoms with Crippen LogP contribution in [0.1, 0.15) is 27.2 Å². The zero-order valence-corrected chi connectivity index (χ0v) is 11.2. The van der Waals surface area contributed by atoms with Gasteiger partial charge in [0, 0.05) is 12.1 Å². The number of rotatable bonds is 4. The Kier molecular flexibility index (Phi) is 4.71. The lowest BCUT2D eigenvalue weighted by molar-refractivity contribution is 0.490. The molecule has 0 aliphatic heterocycles. The number of nitrogens with one attached hydrogen (secondary N) is 1. The molecule has 0 saturated heterocycles. The summed E-state index contributed by atoms with van der Waals surface area (Å²) in [6.07, 6.45) is 1.01. The molecule has 0 heterocycles. The molecule has 0 radical (unpaired) electrons. The Bertz CT molecular complexity index is 368. The fraction of sp³-hybridized carbons (Fsp3) is 0.500. The van der Waals surface area contributed by atoms with Gasteiger partial charge in [-0.15, -0.1) is 0 Å². The predicted molar refractivity (Wildman–Crippen MR) is 66.6 cm³/mol. The second-order valence-electron chi connectivity index (χ2n) is 4.06. The van der Waals surface area contributed by atoms with Crippen LogP contribution >= 0.6 is 15.9 Å². The Morgan fingerprint density at radius 2 is 1.88 bits per heavy atom. The minimum absolute atomic E-state index is 0.150. The van der Waals surface area contributed by atoms with Gasteiger partial charge in [-0.2, -0.15) is 0 Å². The average molecular weight is 292 g/mol. The van der Waals surface area contributed by atoms with Crippen molar-refractivity contribution >= 4 is 21.6 Å². The Hall–Kier alpha value is -0.640. The summed E-state index contributed by atoms with van der Waals surface area (Å²) in [6, 6.07) is 2.47. The molecule has 16 heavy (non-hydrogen) atoms. The van der Waals surface area contributed by atoms with Gasteiger partial charge in [0.2, 0.25) is 0 Å². The molecular formula is C12H16BrF2N. The van der Waals surface area contributed by atoms with Crippen molar-refractivity contribution in [2.75, 3.05) is 5.32 Å². The predicted octanol–water partition coefficient (Wildman–Crippen LogP) is 4.57. The van der Waals surface area contributed by atoms with Crippen LogP contribution in [0.15, 0.2) is 16.6 Å². The highest BCUT2D eigenvalue weighted by atomic mass is 79.9. The molecule has 1 N–H and O–H groups in total. The van der Waals surface area contributed by atoms with Crippen LogP contribution in [0.5, 0.6) is 0 Å². The zero-order chi connectivity index (χ0) is 12.3. The first kappa shape index (κ1) is 13.4. The Morgan fingerprint density at radius 1 is 1.25 bits per heavy atom. The third-order valence-corrected chi connectivity index (χ3v) is 3.50. The van der Waals surface area contributed by atoms with E-state index in [1.807, 2.05) is 6.92 Å². The fourth-order valence-electron chi connectivity index (χ4n) is 1.37. The van der Waals surface area contributed by atoms with Crippen molar-refractivity contribution in [3.05, 3.63) is 28.2 Å². The van der Waals surface area contributed by atoms with Crippen LogP contribution in [-0.2, 0) is 0 Å². The Morgan fingerprint density at radius 3 is 2.44 bits per heavy atom. The van der Waals surface area contributed by atoms with Gasteiger partial charge >= 0.3 is 0 Å². The van der Waals surface area contributed by atoms with Crippen molar-refractivity contribution in [3.8, 4) is 0 Å². The van der Waals surface area contributed by atoms with Crippen molar-refractivity contribution in [2.45, 2.75) is 33.2 Å². The van der Waals surface area contributed by atoms with E-state index in [1.165, 1.54) is 6.07 Å². The molecule has 0 aliphatic rings. The molecule has 0 amide bonds. The topological polar surface area (TPSA) is 12.0 Å². The molecule has 2 atom stereocenters. The molecule has 2 unspecified atom stereocenters. The SMILES string of the molecule is CCC(C)C(C)Nc1cc(Br)c(F)cc1F. The number of hydrogen-bond acceptors (Lipinski definition) is 1. The zero-order valence-electron chi connectivity index (χ0n) is 9.65. The summed E-state index contributed by atoms with van der Waals surface area (Å²) < 4.78 is 26.7. The summed E-state index contributed by atoms with van der Waals surface area (Å²) in [6.45, 7) is 6.17. The lowest BCUT2D eigenvalue weighted by Gasteiger charge is -2.21. The van der Waals surface area contributed by atoms with E-state index in [-0.39, 0.29) is 10.5 Å². The summed E-state index contributed by atoms with van der Waals surface area (Å²) in [5.74, 6) is -0.710. The lowest BCUT2D eigenvalue weighted by Crippen LogP contribution is -2.23. The number of benzene rings is 1. The van der Waals surface area contributed by atoms with Crippen molar-refractivity contribution < 1.29 is 8.78 Å². The van der Waals surface area contributed by atoms with Gasteiger partial charge in [0.05, 0.1) is 10.2 Å². The van der Waals surface area contributed by atoms with E-state index < -0.39 is 11.6 Å². The molecule has 0 spiro atoms. The highest BCUT2D eigenvalue weighted by molar-refractivity contribution is 9.10. The van der Waals surface area contributed by atoms with Gasteiger partial charge in [-0.25, -0.2) is 8.78 Å². The summed E-state index contributed by atoms with van der Waals surface area (Å²) in [5, 5.41) is 3.06. The molecule has 0 aliphatic carbocycles. The average Bonchev–Trinajstić information content (AvgIpc) is 2.24. The van der Waals surface area contributed by atoms with Crippen LogP contribution in [0.25, 0.3) is 0 Å². The third kappa shape index (κ3) is 3.17. The van der Waals surface area contributed by atoms with Crippen LogP contribution in [-0.4, -0.2) is 6.04 Å². The van der Waals surface area contributed by atoms with Crippen molar-refractivity contribution in [2.24, 2.45) is 5.92 Å². The van der Waals surface area contributed by atoms with Gasteiger partial charge in [-0.1, -0.05) is 20.3 Å². The second kappa shape index (κ2) is 5.62.